The van der Waals surface area contributed by atoms with E-state index in [1.807, 2.05) is 23.6 Å². The first-order valence-electron chi connectivity index (χ1n) is 12.0. The van der Waals surface area contributed by atoms with E-state index in [-0.39, 0.29) is 6.10 Å². The fraction of sp³-hybridized carbons (Fsp3) is 0.462. The summed E-state index contributed by atoms with van der Waals surface area (Å²) in [5, 5.41) is 16.5. The fourth-order valence-electron chi connectivity index (χ4n) is 5.03. The molecule has 0 saturated carbocycles. The second-order valence-electron chi connectivity index (χ2n) is 8.99. The number of carboxylic acid groups (broad SMARTS) is 1. The highest BCUT2D eigenvalue weighted by atomic mass is 32.1. The minimum absolute atomic E-state index is 0.0968. The first kappa shape index (κ1) is 22.3. The van der Waals surface area contributed by atoms with Crippen LogP contribution < -0.4 is 5.32 Å². The number of unbranched alkanes of at least 4 members (excludes halogenated alkanes) is 1. The Morgan fingerprint density at radius 2 is 2.21 bits per heavy atom. The van der Waals surface area contributed by atoms with Crippen LogP contribution in [0.1, 0.15) is 48.5 Å². The number of nitrogens with zero attached hydrogens (tertiary/aromatic N) is 2. The van der Waals surface area contributed by atoms with Crippen LogP contribution >= 0.6 is 11.3 Å². The summed E-state index contributed by atoms with van der Waals surface area (Å²) in [5.41, 5.74) is 3.35. The highest BCUT2D eigenvalue weighted by Crippen LogP contribution is 2.33. The van der Waals surface area contributed by atoms with Crippen LogP contribution in [0, 0.1) is 0 Å². The van der Waals surface area contributed by atoms with Crippen molar-refractivity contribution in [3.05, 3.63) is 58.6 Å². The molecule has 1 saturated heterocycles. The topological polar surface area (TPSA) is 74.7 Å². The first-order chi connectivity index (χ1) is 16.2. The molecule has 1 aromatic carbocycles. The molecule has 1 fully saturated rings. The van der Waals surface area contributed by atoms with Gasteiger partial charge in [-0.1, -0.05) is 18.2 Å². The van der Waals surface area contributed by atoms with Gasteiger partial charge in [-0.25, -0.2) is 4.98 Å². The van der Waals surface area contributed by atoms with Crippen LogP contribution in [0.2, 0.25) is 0 Å². The molecule has 33 heavy (non-hydrogen) atoms. The van der Waals surface area contributed by atoms with E-state index in [9.17, 15) is 9.90 Å². The molecule has 0 amide bonds. The van der Waals surface area contributed by atoms with Gasteiger partial charge in [0.2, 0.25) is 0 Å². The number of anilines is 1. The van der Waals surface area contributed by atoms with Crippen molar-refractivity contribution in [1.82, 2.24) is 9.88 Å². The number of fused-ring (bicyclic) bond motifs is 2. The number of hydrogen-bond acceptors (Lipinski definition) is 6. The lowest BCUT2D eigenvalue weighted by Crippen LogP contribution is -2.33. The predicted octanol–water partition coefficient (Wildman–Crippen LogP) is 4.89. The predicted molar refractivity (Wildman–Crippen MR) is 132 cm³/mol. The Bertz CT molecular complexity index is 1120. The summed E-state index contributed by atoms with van der Waals surface area (Å²) in [6.45, 7) is 3.13. The van der Waals surface area contributed by atoms with Crippen LogP contribution in [0.5, 0.6) is 0 Å². The zero-order valence-electron chi connectivity index (χ0n) is 18.8. The average Bonchev–Trinajstić information content (AvgIpc) is 3.49. The number of aryl methyl sites for hydroxylation is 2. The number of aliphatic carboxylic acids is 1. The normalized spacial score (nSPS) is 19.3. The minimum Gasteiger partial charge on any atom is -0.480 e. The molecule has 5 rings (SSSR count). The minimum atomic E-state index is -0.790. The van der Waals surface area contributed by atoms with E-state index < -0.39 is 12.0 Å². The van der Waals surface area contributed by atoms with Crippen molar-refractivity contribution in [2.75, 3.05) is 31.6 Å². The number of rotatable bonds is 9. The molecule has 0 spiro atoms. The largest absolute Gasteiger partial charge is 0.480 e. The molecule has 2 aromatic heterocycles. The van der Waals surface area contributed by atoms with E-state index in [1.54, 1.807) is 11.3 Å². The van der Waals surface area contributed by atoms with Gasteiger partial charge in [-0.2, -0.15) is 0 Å². The molecule has 2 aliphatic rings. The fourth-order valence-corrected chi connectivity index (χ4v) is 5.85. The highest BCUT2D eigenvalue weighted by molar-refractivity contribution is 7.17. The summed E-state index contributed by atoms with van der Waals surface area (Å²) in [6, 6.07) is 11.7. The van der Waals surface area contributed by atoms with Gasteiger partial charge in [0.1, 0.15) is 11.9 Å². The second kappa shape index (κ2) is 10.2. The van der Waals surface area contributed by atoms with Crippen molar-refractivity contribution in [3.63, 3.8) is 0 Å². The number of nitrogens with one attached hydrogen (secondary N) is 1. The van der Waals surface area contributed by atoms with Gasteiger partial charge in [0.05, 0.1) is 6.10 Å². The molecule has 2 N–H and O–H groups in total. The van der Waals surface area contributed by atoms with Crippen molar-refractivity contribution in [1.29, 1.82) is 0 Å². The Morgan fingerprint density at radius 1 is 1.27 bits per heavy atom. The van der Waals surface area contributed by atoms with Crippen molar-refractivity contribution in [2.45, 2.75) is 50.7 Å². The lowest BCUT2D eigenvalue weighted by atomic mass is 10.0. The lowest BCUT2D eigenvalue weighted by molar-refractivity contribution is -0.143. The standard InChI is InChI=1S/C26H31N3O3S/c30-26(31)24(22-7-3-8-23-21(22)12-16-33-23)29-14-11-20(17-29)32-15-2-1-6-19-10-9-18-5-4-13-27-25(18)28-19/h3,7-10,12,16,20,24H,1-2,4-6,11,13-15,17H2,(H,27,28)(H,30,31)/t20-,24?/m1/s1. The molecular formula is C26H31N3O3S. The molecule has 0 aliphatic carbocycles. The van der Waals surface area contributed by atoms with Gasteiger partial charge >= 0.3 is 5.97 Å². The highest BCUT2D eigenvalue weighted by Gasteiger charge is 2.34. The van der Waals surface area contributed by atoms with Gasteiger partial charge < -0.3 is 15.2 Å². The zero-order valence-corrected chi connectivity index (χ0v) is 19.7. The molecule has 0 radical (unpaired) electrons. The van der Waals surface area contributed by atoms with Crippen LogP contribution in [0.3, 0.4) is 0 Å². The Kier molecular flexibility index (Phi) is 6.90. The van der Waals surface area contributed by atoms with Crippen molar-refractivity contribution < 1.29 is 14.6 Å². The van der Waals surface area contributed by atoms with Gasteiger partial charge in [-0.05, 0) is 78.6 Å². The van der Waals surface area contributed by atoms with Gasteiger partial charge in [-0.3, -0.25) is 9.69 Å². The molecule has 7 heteroatoms. The Labute approximate surface area is 198 Å². The molecule has 0 bridgehead atoms. The molecule has 2 atom stereocenters. The third-order valence-corrected chi connectivity index (χ3v) is 7.61. The summed E-state index contributed by atoms with van der Waals surface area (Å²) >= 11 is 1.65. The van der Waals surface area contributed by atoms with Crippen LogP contribution in [0.25, 0.3) is 10.1 Å². The summed E-state index contributed by atoms with van der Waals surface area (Å²) < 4.78 is 7.27. The summed E-state index contributed by atoms with van der Waals surface area (Å²) in [6.07, 6.45) is 6.26. The SMILES string of the molecule is O=C(O)C(c1cccc2sccc12)N1CC[C@@H](OCCCCc2ccc3c(n2)NCCC3)C1. The maximum absolute atomic E-state index is 12.2. The Morgan fingerprint density at radius 3 is 3.12 bits per heavy atom. The number of carbonyl (C=O) groups is 1. The van der Waals surface area contributed by atoms with Crippen LogP contribution in [-0.2, 0) is 22.4 Å². The van der Waals surface area contributed by atoms with Crippen molar-refractivity contribution in [3.8, 4) is 0 Å². The van der Waals surface area contributed by atoms with Crippen LogP contribution in [-0.4, -0.2) is 53.3 Å². The third-order valence-electron chi connectivity index (χ3n) is 6.73. The lowest BCUT2D eigenvalue weighted by Gasteiger charge is -2.25. The number of thiophene rings is 1. The van der Waals surface area contributed by atoms with E-state index >= 15 is 0 Å². The van der Waals surface area contributed by atoms with Crippen LogP contribution in [0.15, 0.2) is 41.8 Å². The van der Waals surface area contributed by atoms with Gasteiger partial charge in [0, 0.05) is 36.6 Å². The quantitative estimate of drug-likeness (QED) is 0.438. The van der Waals surface area contributed by atoms with Gasteiger partial charge in [-0.15, -0.1) is 11.3 Å². The molecule has 1 unspecified atom stereocenters. The molecule has 6 nitrogen and oxygen atoms in total. The summed E-state index contributed by atoms with van der Waals surface area (Å²) in [7, 11) is 0. The average molecular weight is 466 g/mol. The maximum Gasteiger partial charge on any atom is 0.325 e. The van der Waals surface area contributed by atoms with Gasteiger partial charge in [0.25, 0.3) is 0 Å². The molecule has 2 aliphatic heterocycles. The monoisotopic (exact) mass is 465 g/mol. The first-order valence-corrected chi connectivity index (χ1v) is 12.8. The number of likely N-dealkylation sites (tertiary alicyclic amines) is 1. The Hall–Kier alpha value is -2.48. The van der Waals surface area contributed by atoms with E-state index in [2.05, 4.69) is 28.4 Å². The molecular weight excluding hydrogens is 434 g/mol. The van der Waals surface area contributed by atoms with E-state index in [0.717, 1.165) is 72.4 Å². The number of pyridine rings is 1. The van der Waals surface area contributed by atoms with E-state index in [0.29, 0.717) is 13.2 Å². The third kappa shape index (κ3) is 5.05. The molecule has 3 aromatic rings. The van der Waals surface area contributed by atoms with Crippen LogP contribution in [0.4, 0.5) is 5.82 Å². The smallest absolute Gasteiger partial charge is 0.325 e. The van der Waals surface area contributed by atoms with E-state index in [1.165, 1.54) is 12.0 Å². The molecule has 174 valence electrons. The van der Waals surface area contributed by atoms with Gasteiger partial charge in [0.15, 0.2) is 0 Å². The maximum atomic E-state index is 12.2. The number of hydrogen-bond donors (Lipinski definition) is 2. The Balaban J connectivity index is 1.10. The summed E-state index contributed by atoms with van der Waals surface area (Å²) in [5.74, 6) is 0.272. The van der Waals surface area contributed by atoms with Crippen molar-refractivity contribution >= 4 is 33.2 Å². The van der Waals surface area contributed by atoms with Crippen molar-refractivity contribution in [2.24, 2.45) is 0 Å². The number of carboxylic acids is 1. The summed E-state index contributed by atoms with van der Waals surface area (Å²) in [4.78, 5) is 19.0. The van der Waals surface area contributed by atoms with E-state index in [4.69, 9.17) is 9.72 Å². The number of aromatic nitrogens is 1. The second-order valence-corrected chi connectivity index (χ2v) is 9.94. The molecule has 4 heterocycles. The number of ether oxygens (including phenoxy) is 1. The zero-order chi connectivity index (χ0) is 22.6. The number of benzene rings is 1.